The Balaban J connectivity index is 1.51. The molecule has 0 aliphatic carbocycles. The molecule has 2 aromatic carbocycles. The predicted octanol–water partition coefficient (Wildman–Crippen LogP) is 3.61. The van der Waals surface area contributed by atoms with Crippen LogP contribution in [0.15, 0.2) is 53.3 Å². The summed E-state index contributed by atoms with van der Waals surface area (Å²) in [6, 6.07) is 12.7. The number of nitrogens with zero attached hydrogens (tertiary/aromatic N) is 1. The molecule has 2 amide bonds. The molecular weight excluding hydrogens is 385 g/mol. The number of anilines is 2. The molecule has 7 heteroatoms. The number of fused-ring (bicyclic) bond motifs is 1. The number of nitrogens with one attached hydrogen (secondary N) is 2. The van der Waals surface area contributed by atoms with Gasteiger partial charge in [0.15, 0.2) is 0 Å². The maximum absolute atomic E-state index is 13.1. The van der Waals surface area contributed by atoms with Gasteiger partial charge >= 0.3 is 0 Å². The van der Waals surface area contributed by atoms with Crippen LogP contribution in [0.2, 0.25) is 0 Å². The first kappa shape index (κ1) is 19.8. The zero-order chi connectivity index (χ0) is 21.3. The number of halogens is 1. The fourth-order valence-electron chi connectivity index (χ4n) is 3.88. The zero-order valence-corrected chi connectivity index (χ0v) is 16.6. The normalized spacial score (nSPS) is 16.3. The number of aromatic amines is 1. The lowest BCUT2D eigenvalue weighted by Crippen LogP contribution is -2.28. The van der Waals surface area contributed by atoms with E-state index in [-0.39, 0.29) is 36.2 Å². The Morgan fingerprint density at radius 2 is 1.93 bits per heavy atom. The molecule has 1 fully saturated rings. The lowest BCUT2D eigenvalue weighted by atomic mass is 10.0. The van der Waals surface area contributed by atoms with Crippen molar-refractivity contribution < 1.29 is 14.0 Å². The summed E-state index contributed by atoms with van der Waals surface area (Å²) in [7, 11) is 0. The monoisotopic (exact) mass is 407 g/mol. The van der Waals surface area contributed by atoms with Crippen molar-refractivity contribution in [3.05, 3.63) is 70.3 Å². The fourth-order valence-corrected chi connectivity index (χ4v) is 3.88. The first-order chi connectivity index (χ1) is 14.4. The molecule has 2 N–H and O–H groups in total. The molecule has 0 bridgehead atoms. The number of benzene rings is 2. The van der Waals surface area contributed by atoms with Crippen molar-refractivity contribution in [3.8, 4) is 0 Å². The lowest BCUT2D eigenvalue weighted by molar-refractivity contribution is -0.122. The van der Waals surface area contributed by atoms with Crippen LogP contribution in [0.25, 0.3) is 10.9 Å². The minimum absolute atomic E-state index is 0.0915. The summed E-state index contributed by atoms with van der Waals surface area (Å²) in [6.45, 7) is 2.29. The lowest BCUT2D eigenvalue weighted by Gasteiger charge is -2.16. The van der Waals surface area contributed by atoms with E-state index >= 15 is 0 Å². The van der Waals surface area contributed by atoms with Crippen molar-refractivity contribution in [3.63, 3.8) is 0 Å². The number of carbonyl (C=O) groups is 2. The minimum atomic E-state index is -0.510. The van der Waals surface area contributed by atoms with Crippen LogP contribution >= 0.6 is 0 Å². The summed E-state index contributed by atoms with van der Waals surface area (Å²) in [5.74, 6) is -1.33. The molecule has 0 saturated carbocycles. The van der Waals surface area contributed by atoms with Gasteiger partial charge in [-0.1, -0.05) is 19.4 Å². The zero-order valence-electron chi connectivity index (χ0n) is 16.6. The summed E-state index contributed by atoms with van der Waals surface area (Å²) in [5, 5.41) is 3.80. The molecule has 2 heterocycles. The van der Waals surface area contributed by atoms with E-state index in [0.29, 0.717) is 16.9 Å². The Hall–Kier alpha value is -3.48. The molecule has 0 spiro atoms. The smallest absolute Gasteiger partial charge is 0.248 e. The second-order valence-corrected chi connectivity index (χ2v) is 7.54. The van der Waals surface area contributed by atoms with E-state index < -0.39 is 5.92 Å². The average Bonchev–Trinajstić information content (AvgIpc) is 3.10. The maximum atomic E-state index is 13.1. The number of rotatable bonds is 5. The van der Waals surface area contributed by atoms with Crippen molar-refractivity contribution in [2.24, 2.45) is 5.92 Å². The highest BCUT2D eigenvalue weighted by atomic mass is 19.1. The van der Waals surface area contributed by atoms with Gasteiger partial charge in [0.2, 0.25) is 17.4 Å². The second kappa shape index (κ2) is 8.10. The number of hydrogen-bond acceptors (Lipinski definition) is 3. The summed E-state index contributed by atoms with van der Waals surface area (Å²) in [4.78, 5) is 41.3. The van der Waals surface area contributed by atoms with Crippen LogP contribution < -0.4 is 15.8 Å². The van der Waals surface area contributed by atoms with Crippen LogP contribution in [0, 0.1) is 11.7 Å². The molecule has 1 aromatic heterocycles. The minimum Gasteiger partial charge on any atom is -0.326 e. The first-order valence-corrected chi connectivity index (χ1v) is 9.97. The van der Waals surface area contributed by atoms with E-state index in [1.54, 1.807) is 18.2 Å². The van der Waals surface area contributed by atoms with Crippen LogP contribution in [0.3, 0.4) is 0 Å². The van der Waals surface area contributed by atoms with Crippen molar-refractivity contribution in [2.45, 2.75) is 26.2 Å². The first-order valence-electron chi connectivity index (χ1n) is 9.97. The number of aryl methyl sites for hydroxylation is 1. The van der Waals surface area contributed by atoms with Gasteiger partial charge in [-0.2, -0.15) is 0 Å². The topological polar surface area (TPSA) is 82.3 Å². The van der Waals surface area contributed by atoms with Gasteiger partial charge in [-0.05, 0) is 48.4 Å². The van der Waals surface area contributed by atoms with Crippen molar-refractivity contribution in [2.75, 3.05) is 16.8 Å². The molecule has 1 atom stereocenters. The van der Waals surface area contributed by atoms with E-state index in [4.69, 9.17) is 0 Å². The van der Waals surface area contributed by atoms with Crippen LogP contribution in [-0.4, -0.2) is 23.3 Å². The summed E-state index contributed by atoms with van der Waals surface area (Å²) < 4.78 is 13.1. The van der Waals surface area contributed by atoms with E-state index in [1.807, 2.05) is 6.07 Å². The molecule has 0 radical (unpaired) electrons. The molecule has 30 heavy (non-hydrogen) atoms. The average molecular weight is 407 g/mol. The van der Waals surface area contributed by atoms with Crippen LogP contribution in [-0.2, 0) is 16.0 Å². The summed E-state index contributed by atoms with van der Waals surface area (Å²) >= 11 is 0. The standard InChI is InChI=1S/C23H22FN3O3/c1-2-3-14-10-21(28)26-20-12-17(6-9-19(14)20)25-23(30)15-11-22(29)27(13-15)18-7-4-16(24)5-8-18/h4-10,12,15H,2-3,11,13H2,1H3,(H,25,30)(H,26,28). The number of pyridine rings is 1. The van der Waals surface area contributed by atoms with Gasteiger partial charge < -0.3 is 15.2 Å². The highest BCUT2D eigenvalue weighted by Gasteiger charge is 2.35. The van der Waals surface area contributed by atoms with E-state index in [0.717, 1.165) is 23.8 Å². The maximum Gasteiger partial charge on any atom is 0.248 e. The number of H-pyrrole nitrogens is 1. The van der Waals surface area contributed by atoms with Crippen LogP contribution in [0.4, 0.5) is 15.8 Å². The van der Waals surface area contributed by atoms with Crippen LogP contribution in [0.1, 0.15) is 25.3 Å². The third kappa shape index (κ3) is 3.96. The molecular formula is C23H22FN3O3. The fraction of sp³-hybridized carbons (Fsp3) is 0.261. The van der Waals surface area contributed by atoms with E-state index in [2.05, 4.69) is 17.2 Å². The molecule has 3 aromatic rings. The molecule has 6 nitrogen and oxygen atoms in total. The van der Waals surface area contributed by atoms with Gasteiger partial charge in [-0.15, -0.1) is 0 Å². The van der Waals surface area contributed by atoms with E-state index in [1.165, 1.54) is 29.2 Å². The van der Waals surface area contributed by atoms with Gasteiger partial charge in [0.05, 0.1) is 11.4 Å². The van der Waals surface area contributed by atoms with Gasteiger partial charge in [0, 0.05) is 35.8 Å². The van der Waals surface area contributed by atoms with E-state index in [9.17, 15) is 18.8 Å². The Morgan fingerprint density at radius 3 is 2.67 bits per heavy atom. The van der Waals surface area contributed by atoms with Crippen molar-refractivity contribution in [1.29, 1.82) is 0 Å². The second-order valence-electron chi connectivity index (χ2n) is 7.54. The number of carbonyl (C=O) groups excluding carboxylic acids is 2. The van der Waals surface area contributed by atoms with Gasteiger partial charge in [0.25, 0.3) is 0 Å². The largest absolute Gasteiger partial charge is 0.326 e. The summed E-state index contributed by atoms with van der Waals surface area (Å²) in [6.07, 6.45) is 1.82. The molecule has 1 aliphatic heterocycles. The van der Waals surface area contributed by atoms with Crippen molar-refractivity contribution >= 4 is 34.1 Å². The summed E-state index contributed by atoms with van der Waals surface area (Å²) in [5.41, 5.74) is 2.60. The molecule has 1 saturated heterocycles. The number of hydrogen-bond donors (Lipinski definition) is 2. The molecule has 154 valence electrons. The Morgan fingerprint density at radius 1 is 1.17 bits per heavy atom. The molecule has 1 aliphatic rings. The Labute approximate surface area is 172 Å². The van der Waals surface area contributed by atoms with Crippen molar-refractivity contribution in [1.82, 2.24) is 4.98 Å². The molecule has 1 unspecified atom stereocenters. The highest BCUT2D eigenvalue weighted by molar-refractivity contribution is 6.04. The third-order valence-corrected chi connectivity index (χ3v) is 5.35. The third-order valence-electron chi connectivity index (χ3n) is 5.35. The highest BCUT2D eigenvalue weighted by Crippen LogP contribution is 2.27. The molecule has 4 rings (SSSR count). The number of amides is 2. The Bertz CT molecular complexity index is 1170. The predicted molar refractivity (Wildman–Crippen MR) is 114 cm³/mol. The Kier molecular flexibility index (Phi) is 5.35. The van der Waals surface area contributed by atoms with Gasteiger partial charge in [-0.3, -0.25) is 14.4 Å². The van der Waals surface area contributed by atoms with Gasteiger partial charge in [-0.25, -0.2) is 4.39 Å². The quantitative estimate of drug-likeness (QED) is 0.678. The van der Waals surface area contributed by atoms with Crippen LogP contribution in [0.5, 0.6) is 0 Å². The SMILES string of the molecule is CCCc1cc(=O)[nH]c2cc(NC(=O)C3CC(=O)N(c4ccc(F)cc4)C3)ccc12. The number of aromatic nitrogens is 1. The van der Waals surface area contributed by atoms with Gasteiger partial charge in [0.1, 0.15) is 5.82 Å².